The van der Waals surface area contributed by atoms with Crippen molar-refractivity contribution in [3.63, 3.8) is 0 Å². The van der Waals surface area contributed by atoms with Crippen LogP contribution in [-0.4, -0.2) is 5.54 Å². The van der Waals surface area contributed by atoms with Crippen molar-refractivity contribution < 1.29 is 0 Å². The number of benzene rings is 1. The summed E-state index contributed by atoms with van der Waals surface area (Å²) in [5.74, 6) is 0.478. The molecule has 70 valence electrons. The van der Waals surface area contributed by atoms with E-state index in [1.54, 1.807) is 0 Å². The molecule has 2 heteroatoms. The number of nitrogens with two attached hydrogens (primary N) is 1. The molecule has 0 aromatic heterocycles. The first kappa shape index (κ1) is 9.04. The lowest BCUT2D eigenvalue weighted by Crippen LogP contribution is -2.22. The Morgan fingerprint density at radius 1 is 1.54 bits per heavy atom. The first-order valence-corrected chi connectivity index (χ1v) is 5.08. The number of hydrogen-bond acceptors (Lipinski definition) is 1. The van der Waals surface area contributed by atoms with Crippen LogP contribution in [0.1, 0.15) is 31.2 Å². The summed E-state index contributed by atoms with van der Waals surface area (Å²) in [6.07, 6.45) is 2.11. The van der Waals surface area contributed by atoms with Gasteiger partial charge < -0.3 is 5.73 Å². The number of rotatable bonds is 2. The molecule has 0 spiro atoms. The Hall–Kier alpha value is -0.530. The van der Waals surface area contributed by atoms with Gasteiger partial charge >= 0.3 is 0 Å². The van der Waals surface area contributed by atoms with Gasteiger partial charge in [-0.1, -0.05) is 36.7 Å². The molecule has 0 amide bonds. The molecular formula is C11H14ClN. The molecule has 1 aliphatic carbocycles. The van der Waals surface area contributed by atoms with Gasteiger partial charge in [0.25, 0.3) is 0 Å². The molecule has 1 aromatic rings. The zero-order valence-corrected chi connectivity index (χ0v) is 8.51. The predicted octanol–water partition coefficient (Wildman–Crippen LogP) is 2.93. The average Bonchev–Trinajstić information content (AvgIpc) is 2.80. The van der Waals surface area contributed by atoms with Crippen molar-refractivity contribution in [2.24, 2.45) is 5.73 Å². The monoisotopic (exact) mass is 195 g/mol. The lowest BCUT2D eigenvalue weighted by molar-refractivity contribution is 0.626. The fraction of sp³-hybridized carbons (Fsp3) is 0.455. The van der Waals surface area contributed by atoms with Crippen LogP contribution in [0.25, 0.3) is 0 Å². The third kappa shape index (κ3) is 1.47. The maximum Gasteiger partial charge on any atom is 0.0441 e. The van der Waals surface area contributed by atoms with Crippen LogP contribution in [0.4, 0.5) is 0 Å². The van der Waals surface area contributed by atoms with Gasteiger partial charge in [-0.05, 0) is 24.5 Å². The third-order valence-corrected chi connectivity index (χ3v) is 3.40. The van der Waals surface area contributed by atoms with Gasteiger partial charge in [0.05, 0.1) is 0 Å². The minimum atomic E-state index is 0.0188. The average molecular weight is 196 g/mol. The van der Waals surface area contributed by atoms with Crippen molar-refractivity contribution >= 4 is 11.6 Å². The van der Waals surface area contributed by atoms with E-state index in [0.717, 1.165) is 17.9 Å². The van der Waals surface area contributed by atoms with E-state index in [2.05, 4.69) is 13.0 Å². The molecule has 1 saturated carbocycles. The van der Waals surface area contributed by atoms with Gasteiger partial charge in [-0.15, -0.1) is 0 Å². The maximum absolute atomic E-state index is 6.13. The second-order valence-electron chi connectivity index (χ2n) is 3.86. The van der Waals surface area contributed by atoms with Crippen LogP contribution in [0.3, 0.4) is 0 Å². The van der Waals surface area contributed by atoms with Gasteiger partial charge in [0.15, 0.2) is 0 Å². The highest BCUT2D eigenvalue weighted by Crippen LogP contribution is 2.52. The second kappa shape index (κ2) is 3.00. The molecule has 1 nitrogen and oxygen atoms in total. The van der Waals surface area contributed by atoms with Crippen molar-refractivity contribution in [2.75, 3.05) is 0 Å². The first-order chi connectivity index (χ1) is 6.17. The van der Waals surface area contributed by atoms with E-state index < -0.39 is 0 Å². The van der Waals surface area contributed by atoms with E-state index in [9.17, 15) is 0 Å². The largest absolute Gasteiger partial charge is 0.325 e. The van der Waals surface area contributed by atoms with Crippen molar-refractivity contribution in [3.8, 4) is 0 Å². The lowest BCUT2D eigenvalue weighted by atomic mass is 10.1. The van der Waals surface area contributed by atoms with Gasteiger partial charge in [0, 0.05) is 16.5 Å². The van der Waals surface area contributed by atoms with E-state index in [4.69, 9.17) is 17.3 Å². The Kier molecular flexibility index (Phi) is 2.09. The van der Waals surface area contributed by atoms with Gasteiger partial charge in [-0.25, -0.2) is 0 Å². The summed E-state index contributed by atoms with van der Waals surface area (Å²) in [7, 11) is 0. The standard InChI is InChI=1S/C11H14ClN/c1-2-11(13)7-9(11)8-5-3-4-6-10(8)12/h3-6,9H,2,7,13H2,1H3/t9-,11+/m1/s1. The zero-order valence-electron chi connectivity index (χ0n) is 7.76. The fourth-order valence-corrected chi connectivity index (χ4v) is 2.16. The van der Waals surface area contributed by atoms with Crippen molar-refractivity contribution in [1.82, 2.24) is 0 Å². The Bertz CT molecular complexity index is 324. The van der Waals surface area contributed by atoms with Gasteiger partial charge in [0.1, 0.15) is 0 Å². The van der Waals surface area contributed by atoms with Crippen LogP contribution in [0.5, 0.6) is 0 Å². The van der Waals surface area contributed by atoms with Crippen LogP contribution >= 0.6 is 11.6 Å². The van der Waals surface area contributed by atoms with Gasteiger partial charge in [0.2, 0.25) is 0 Å². The molecule has 1 fully saturated rings. The summed E-state index contributed by atoms with van der Waals surface area (Å²) in [4.78, 5) is 0. The second-order valence-corrected chi connectivity index (χ2v) is 4.27. The van der Waals surface area contributed by atoms with Crippen LogP contribution in [0.2, 0.25) is 5.02 Å². The molecule has 2 atom stereocenters. The molecule has 1 aliphatic rings. The van der Waals surface area contributed by atoms with Crippen LogP contribution in [0.15, 0.2) is 24.3 Å². The van der Waals surface area contributed by atoms with E-state index in [0.29, 0.717) is 5.92 Å². The van der Waals surface area contributed by atoms with Gasteiger partial charge in [-0.3, -0.25) is 0 Å². The summed E-state index contributed by atoms with van der Waals surface area (Å²) in [6, 6.07) is 8.00. The highest BCUT2D eigenvalue weighted by Gasteiger charge is 2.50. The molecule has 2 N–H and O–H groups in total. The topological polar surface area (TPSA) is 26.0 Å². The molecule has 0 bridgehead atoms. The lowest BCUT2D eigenvalue weighted by Gasteiger charge is -2.08. The smallest absolute Gasteiger partial charge is 0.0441 e. The number of halogens is 1. The number of hydrogen-bond donors (Lipinski definition) is 1. The zero-order chi connectivity index (χ0) is 9.47. The Balaban J connectivity index is 2.25. The van der Waals surface area contributed by atoms with E-state index in [-0.39, 0.29) is 5.54 Å². The Labute approximate surface area is 83.9 Å². The minimum absolute atomic E-state index is 0.0188. The van der Waals surface area contributed by atoms with Crippen LogP contribution in [0, 0.1) is 0 Å². The van der Waals surface area contributed by atoms with Gasteiger partial charge in [-0.2, -0.15) is 0 Å². The van der Waals surface area contributed by atoms with Crippen molar-refractivity contribution in [2.45, 2.75) is 31.2 Å². The molecule has 0 heterocycles. The third-order valence-electron chi connectivity index (χ3n) is 3.06. The van der Waals surface area contributed by atoms with Crippen LogP contribution in [-0.2, 0) is 0 Å². The minimum Gasteiger partial charge on any atom is -0.325 e. The SMILES string of the molecule is CC[C@]1(N)C[C@@H]1c1ccccc1Cl. The van der Waals surface area contributed by atoms with Crippen molar-refractivity contribution in [3.05, 3.63) is 34.9 Å². The van der Waals surface area contributed by atoms with E-state index in [1.165, 1.54) is 5.56 Å². The van der Waals surface area contributed by atoms with Crippen LogP contribution < -0.4 is 5.73 Å². The summed E-state index contributed by atoms with van der Waals surface area (Å²) in [5.41, 5.74) is 7.37. The molecule has 0 saturated heterocycles. The molecule has 0 aliphatic heterocycles. The maximum atomic E-state index is 6.13. The highest BCUT2D eigenvalue weighted by atomic mass is 35.5. The summed E-state index contributed by atoms with van der Waals surface area (Å²) in [6.45, 7) is 2.14. The molecule has 0 unspecified atom stereocenters. The van der Waals surface area contributed by atoms with E-state index in [1.807, 2.05) is 18.2 Å². The molecule has 2 rings (SSSR count). The first-order valence-electron chi connectivity index (χ1n) is 4.70. The Morgan fingerprint density at radius 3 is 2.77 bits per heavy atom. The molecule has 1 aromatic carbocycles. The Morgan fingerprint density at radius 2 is 2.23 bits per heavy atom. The summed E-state index contributed by atoms with van der Waals surface area (Å²) in [5, 5.41) is 0.855. The quantitative estimate of drug-likeness (QED) is 0.772. The van der Waals surface area contributed by atoms with E-state index >= 15 is 0 Å². The summed E-state index contributed by atoms with van der Waals surface area (Å²) >= 11 is 6.09. The predicted molar refractivity (Wildman–Crippen MR) is 56.0 cm³/mol. The fourth-order valence-electron chi connectivity index (χ4n) is 1.89. The molecule has 13 heavy (non-hydrogen) atoms. The normalized spacial score (nSPS) is 31.8. The molecule has 0 radical (unpaired) electrons. The van der Waals surface area contributed by atoms with Crippen molar-refractivity contribution in [1.29, 1.82) is 0 Å². The highest BCUT2D eigenvalue weighted by molar-refractivity contribution is 6.31. The molecular weight excluding hydrogens is 182 g/mol. The summed E-state index contributed by atoms with van der Waals surface area (Å²) < 4.78 is 0.